The number of fused-ring (bicyclic) bond motifs is 1. The minimum atomic E-state index is -0.0269. The van der Waals surface area contributed by atoms with Gasteiger partial charge in [0, 0.05) is 26.7 Å². The molecule has 0 aliphatic carbocycles. The monoisotopic (exact) mass is 328 g/mol. The number of likely N-dealkylation sites (tertiary alicyclic amines) is 1. The lowest BCUT2D eigenvalue weighted by molar-refractivity contribution is 0.0236. The van der Waals surface area contributed by atoms with E-state index in [4.69, 9.17) is 9.47 Å². The van der Waals surface area contributed by atoms with Crippen LogP contribution in [0.15, 0.2) is 42.5 Å². The van der Waals surface area contributed by atoms with Crippen LogP contribution in [0.25, 0.3) is 10.8 Å². The van der Waals surface area contributed by atoms with E-state index in [1.54, 1.807) is 7.11 Å². The Morgan fingerprint density at radius 3 is 2.88 bits per heavy atom. The highest BCUT2D eigenvalue weighted by Gasteiger charge is 2.26. The van der Waals surface area contributed by atoms with Gasteiger partial charge < -0.3 is 19.7 Å². The normalized spacial score (nSPS) is 17.4. The maximum atomic E-state index is 12.3. The van der Waals surface area contributed by atoms with E-state index < -0.39 is 0 Å². The Morgan fingerprint density at radius 2 is 2.04 bits per heavy atom. The number of hydrogen-bond acceptors (Lipinski definition) is 3. The van der Waals surface area contributed by atoms with E-state index in [0.717, 1.165) is 18.5 Å². The van der Waals surface area contributed by atoms with Crippen molar-refractivity contribution in [1.82, 2.24) is 10.2 Å². The molecule has 0 bridgehead atoms. The summed E-state index contributed by atoms with van der Waals surface area (Å²) in [6.45, 7) is 3.09. The summed E-state index contributed by atoms with van der Waals surface area (Å²) in [7, 11) is 1.66. The van der Waals surface area contributed by atoms with Crippen molar-refractivity contribution in [3.63, 3.8) is 0 Å². The van der Waals surface area contributed by atoms with Crippen LogP contribution in [0.1, 0.15) is 12.0 Å². The molecule has 2 aromatic rings. The molecule has 1 heterocycles. The summed E-state index contributed by atoms with van der Waals surface area (Å²) in [5, 5.41) is 5.40. The Kier molecular flexibility index (Phi) is 5.67. The molecule has 1 N–H and O–H groups in total. The van der Waals surface area contributed by atoms with Crippen molar-refractivity contribution in [2.45, 2.75) is 19.1 Å². The molecular weight excluding hydrogens is 304 g/mol. The summed E-state index contributed by atoms with van der Waals surface area (Å²) < 4.78 is 10.7. The summed E-state index contributed by atoms with van der Waals surface area (Å²) in [5.41, 5.74) is 1.11. The standard InChI is InChI=1S/C19H24N2O3/c1-23-10-11-24-18-8-9-21(14-18)19(22)20-13-15-6-7-16-4-2-3-5-17(16)12-15/h2-7,12,18H,8-11,13-14H2,1H3,(H,20,22)/t18-/m1/s1. The highest BCUT2D eigenvalue weighted by atomic mass is 16.5. The quantitative estimate of drug-likeness (QED) is 0.830. The van der Waals surface area contributed by atoms with Gasteiger partial charge >= 0.3 is 6.03 Å². The Balaban J connectivity index is 1.48. The van der Waals surface area contributed by atoms with Gasteiger partial charge in [-0.3, -0.25) is 0 Å². The molecule has 128 valence electrons. The molecule has 0 aromatic heterocycles. The number of urea groups is 1. The number of carbonyl (C=O) groups is 1. The molecule has 0 spiro atoms. The fourth-order valence-corrected chi connectivity index (χ4v) is 2.99. The van der Waals surface area contributed by atoms with Crippen molar-refractivity contribution >= 4 is 16.8 Å². The van der Waals surface area contributed by atoms with E-state index in [2.05, 4.69) is 35.6 Å². The highest BCUT2D eigenvalue weighted by Crippen LogP contribution is 2.16. The Hall–Kier alpha value is -2.11. The fourth-order valence-electron chi connectivity index (χ4n) is 2.99. The predicted molar refractivity (Wildman–Crippen MR) is 94.0 cm³/mol. The van der Waals surface area contributed by atoms with Gasteiger partial charge in [0.1, 0.15) is 0 Å². The number of methoxy groups -OCH3 is 1. The minimum absolute atomic E-state index is 0.0269. The first-order valence-corrected chi connectivity index (χ1v) is 8.37. The van der Waals surface area contributed by atoms with Gasteiger partial charge in [-0.1, -0.05) is 36.4 Å². The van der Waals surface area contributed by atoms with E-state index >= 15 is 0 Å². The number of carbonyl (C=O) groups excluding carboxylic acids is 1. The molecule has 1 atom stereocenters. The molecule has 24 heavy (non-hydrogen) atoms. The van der Waals surface area contributed by atoms with Gasteiger partial charge in [0.2, 0.25) is 0 Å². The second kappa shape index (κ2) is 8.13. The first-order valence-electron chi connectivity index (χ1n) is 8.37. The second-order valence-electron chi connectivity index (χ2n) is 6.06. The van der Waals surface area contributed by atoms with Crippen LogP contribution in [0, 0.1) is 0 Å². The number of amides is 2. The van der Waals surface area contributed by atoms with Crippen molar-refractivity contribution in [3.05, 3.63) is 48.0 Å². The van der Waals surface area contributed by atoms with Gasteiger partial charge in [-0.05, 0) is 28.8 Å². The molecule has 0 radical (unpaired) electrons. The average Bonchev–Trinajstić information content (AvgIpc) is 3.09. The van der Waals surface area contributed by atoms with Crippen LogP contribution in [-0.2, 0) is 16.0 Å². The summed E-state index contributed by atoms with van der Waals surface area (Å²) in [6, 6.07) is 14.5. The van der Waals surface area contributed by atoms with Crippen molar-refractivity contribution in [3.8, 4) is 0 Å². The van der Waals surface area contributed by atoms with Crippen LogP contribution < -0.4 is 5.32 Å². The van der Waals surface area contributed by atoms with Crippen LogP contribution in [0.2, 0.25) is 0 Å². The first-order chi connectivity index (χ1) is 11.8. The van der Waals surface area contributed by atoms with Crippen molar-refractivity contribution in [1.29, 1.82) is 0 Å². The zero-order chi connectivity index (χ0) is 16.8. The van der Waals surface area contributed by atoms with Crippen molar-refractivity contribution < 1.29 is 14.3 Å². The first kappa shape index (κ1) is 16.7. The average molecular weight is 328 g/mol. The van der Waals surface area contributed by atoms with Crippen LogP contribution in [0.3, 0.4) is 0 Å². The Morgan fingerprint density at radius 1 is 1.21 bits per heavy atom. The zero-order valence-electron chi connectivity index (χ0n) is 14.0. The lowest BCUT2D eigenvalue weighted by Gasteiger charge is -2.17. The number of hydrogen-bond donors (Lipinski definition) is 1. The Bertz CT molecular complexity index is 689. The summed E-state index contributed by atoms with van der Waals surface area (Å²) in [4.78, 5) is 14.1. The van der Waals surface area contributed by atoms with E-state index in [9.17, 15) is 4.79 Å². The maximum absolute atomic E-state index is 12.3. The molecule has 5 nitrogen and oxygen atoms in total. The summed E-state index contributed by atoms with van der Waals surface area (Å²) in [5.74, 6) is 0. The number of ether oxygens (including phenoxy) is 2. The lowest BCUT2D eigenvalue weighted by atomic mass is 10.1. The molecule has 3 rings (SSSR count). The summed E-state index contributed by atoms with van der Waals surface area (Å²) in [6.07, 6.45) is 0.999. The SMILES string of the molecule is COCCO[C@@H]1CCN(C(=O)NCc2ccc3ccccc3c2)C1. The third-order valence-corrected chi connectivity index (χ3v) is 4.33. The third kappa shape index (κ3) is 4.24. The van der Waals surface area contributed by atoms with Crippen LogP contribution in [0.5, 0.6) is 0 Å². The summed E-state index contributed by atoms with van der Waals surface area (Å²) >= 11 is 0. The van der Waals surface area contributed by atoms with Crippen LogP contribution in [-0.4, -0.2) is 50.4 Å². The maximum Gasteiger partial charge on any atom is 0.317 e. The van der Waals surface area contributed by atoms with Crippen LogP contribution in [0.4, 0.5) is 4.79 Å². The molecule has 1 aliphatic rings. The Labute approximate surface area is 142 Å². The molecular formula is C19H24N2O3. The van der Waals surface area contributed by atoms with Crippen LogP contribution >= 0.6 is 0 Å². The minimum Gasteiger partial charge on any atom is -0.382 e. The van der Waals surface area contributed by atoms with Gasteiger partial charge in [-0.2, -0.15) is 0 Å². The third-order valence-electron chi connectivity index (χ3n) is 4.33. The molecule has 2 amide bonds. The number of benzene rings is 2. The van der Waals surface area contributed by atoms with Gasteiger partial charge in [-0.15, -0.1) is 0 Å². The second-order valence-corrected chi connectivity index (χ2v) is 6.06. The molecule has 1 aliphatic heterocycles. The van der Waals surface area contributed by atoms with Crippen molar-refractivity contribution in [2.24, 2.45) is 0 Å². The van der Waals surface area contributed by atoms with E-state index in [-0.39, 0.29) is 12.1 Å². The lowest BCUT2D eigenvalue weighted by Crippen LogP contribution is -2.38. The van der Waals surface area contributed by atoms with Gasteiger partial charge in [0.15, 0.2) is 0 Å². The van der Waals surface area contributed by atoms with E-state index in [0.29, 0.717) is 26.3 Å². The highest BCUT2D eigenvalue weighted by molar-refractivity contribution is 5.83. The molecule has 0 unspecified atom stereocenters. The molecule has 1 fully saturated rings. The van der Waals surface area contributed by atoms with Crippen molar-refractivity contribution in [2.75, 3.05) is 33.4 Å². The van der Waals surface area contributed by atoms with E-state index in [1.165, 1.54) is 10.8 Å². The van der Waals surface area contributed by atoms with Gasteiger partial charge in [0.25, 0.3) is 0 Å². The van der Waals surface area contributed by atoms with Gasteiger partial charge in [0.05, 0.1) is 19.3 Å². The molecule has 5 heteroatoms. The predicted octanol–water partition coefficient (Wildman–Crippen LogP) is 2.79. The van der Waals surface area contributed by atoms with E-state index in [1.807, 2.05) is 17.0 Å². The smallest absolute Gasteiger partial charge is 0.317 e. The zero-order valence-corrected chi connectivity index (χ0v) is 14.0. The molecule has 0 saturated carbocycles. The largest absolute Gasteiger partial charge is 0.382 e. The number of rotatable bonds is 6. The number of nitrogens with one attached hydrogen (secondary N) is 1. The molecule has 1 saturated heterocycles. The topological polar surface area (TPSA) is 50.8 Å². The number of nitrogens with zero attached hydrogens (tertiary/aromatic N) is 1. The van der Waals surface area contributed by atoms with Gasteiger partial charge in [-0.25, -0.2) is 4.79 Å². The molecule has 2 aromatic carbocycles. The fraction of sp³-hybridized carbons (Fsp3) is 0.421.